The van der Waals surface area contributed by atoms with Crippen LogP contribution >= 0.6 is 0 Å². The van der Waals surface area contributed by atoms with Gasteiger partial charge in [-0.25, -0.2) is 0 Å². The molecule has 0 radical (unpaired) electrons. The van der Waals surface area contributed by atoms with Crippen LogP contribution in [0.25, 0.3) is 0 Å². The number of hydrogen-bond donors (Lipinski definition) is 1. The maximum atomic E-state index is 10.6. The third-order valence-electron chi connectivity index (χ3n) is 3.11. The lowest BCUT2D eigenvalue weighted by atomic mass is 9.96. The fourth-order valence-corrected chi connectivity index (χ4v) is 2.27. The highest BCUT2D eigenvalue weighted by Gasteiger charge is 2.18. The number of quaternary nitrogens is 1. The van der Waals surface area contributed by atoms with Crippen LogP contribution in [0.2, 0.25) is 0 Å². The minimum absolute atomic E-state index is 0. The summed E-state index contributed by atoms with van der Waals surface area (Å²) in [6.45, 7) is 0.903. The highest BCUT2D eigenvalue weighted by Crippen LogP contribution is 2.26. The van der Waals surface area contributed by atoms with E-state index in [0.717, 1.165) is 22.2 Å². The lowest BCUT2D eigenvalue weighted by Gasteiger charge is -2.26. The largest absolute Gasteiger partial charge is 1.00 e. The van der Waals surface area contributed by atoms with E-state index in [0.29, 0.717) is 0 Å². The molecule has 2 aromatic rings. The topological polar surface area (TPSA) is 20.2 Å². The Morgan fingerprint density at radius 2 is 1.45 bits per heavy atom. The monoisotopic (exact) mass is 383 g/mol. The average molecular weight is 383 g/mol. The standard InChI is InChI=1S/C17H22NO.HI/c1-18(2,3)13-15-11-7-8-12-16(15)17(19)14-9-5-4-6-10-14;/h4-12,17,19H,13H2,1-3H3;1H/q+1;/p-1. The van der Waals surface area contributed by atoms with E-state index in [2.05, 4.69) is 27.2 Å². The maximum absolute atomic E-state index is 10.6. The summed E-state index contributed by atoms with van der Waals surface area (Å²) in [6, 6.07) is 18.0. The van der Waals surface area contributed by atoms with Crippen molar-refractivity contribution in [2.45, 2.75) is 12.6 Å². The second-order valence-electron chi connectivity index (χ2n) is 5.96. The molecule has 0 amide bonds. The number of aliphatic hydroxyl groups is 1. The SMILES string of the molecule is C[N+](C)(C)Cc1ccccc1C(O)c1ccccc1.[I-]. The number of rotatable bonds is 4. The van der Waals surface area contributed by atoms with Crippen LogP contribution in [-0.4, -0.2) is 30.7 Å². The molecule has 3 heteroatoms. The van der Waals surface area contributed by atoms with Crippen LogP contribution in [0.3, 0.4) is 0 Å². The fourth-order valence-electron chi connectivity index (χ4n) is 2.27. The predicted molar refractivity (Wildman–Crippen MR) is 78.7 cm³/mol. The van der Waals surface area contributed by atoms with E-state index in [9.17, 15) is 5.11 Å². The van der Waals surface area contributed by atoms with E-state index in [1.807, 2.05) is 48.5 Å². The van der Waals surface area contributed by atoms with Crippen molar-refractivity contribution in [3.63, 3.8) is 0 Å². The maximum Gasteiger partial charge on any atom is 0.105 e. The van der Waals surface area contributed by atoms with E-state index < -0.39 is 6.10 Å². The Labute approximate surface area is 138 Å². The van der Waals surface area contributed by atoms with Gasteiger partial charge in [-0.1, -0.05) is 54.6 Å². The summed E-state index contributed by atoms with van der Waals surface area (Å²) in [5.41, 5.74) is 3.14. The summed E-state index contributed by atoms with van der Waals surface area (Å²) in [7, 11) is 6.48. The van der Waals surface area contributed by atoms with Crippen molar-refractivity contribution in [1.82, 2.24) is 0 Å². The van der Waals surface area contributed by atoms with Crippen molar-refractivity contribution in [3.8, 4) is 0 Å². The lowest BCUT2D eigenvalue weighted by Crippen LogP contribution is -3.00. The van der Waals surface area contributed by atoms with Crippen LogP contribution < -0.4 is 24.0 Å². The van der Waals surface area contributed by atoms with Crippen molar-refractivity contribution in [2.24, 2.45) is 0 Å². The molecule has 0 bridgehead atoms. The van der Waals surface area contributed by atoms with Gasteiger partial charge in [0.2, 0.25) is 0 Å². The molecule has 2 aromatic carbocycles. The number of nitrogens with zero attached hydrogens (tertiary/aromatic N) is 1. The first-order valence-electron chi connectivity index (χ1n) is 6.59. The molecule has 2 rings (SSSR count). The lowest BCUT2D eigenvalue weighted by molar-refractivity contribution is -0.884. The molecule has 0 aliphatic rings. The van der Waals surface area contributed by atoms with E-state index in [4.69, 9.17) is 0 Å². The summed E-state index contributed by atoms with van der Waals surface area (Å²) in [5.74, 6) is 0. The Morgan fingerprint density at radius 3 is 2.05 bits per heavy atom. The molecular formula is C17H22INO. The second kappa shape index (κ2) is 7.20. The molecule has 1 unspecified atom stereocenters. The zero-order chi connectivity index (χ0) is 13.9. The zero-order valence-corrected chi connectivity index (χ0v) is 14.4. The summed E-state index contributed by atoms with van der Waals surface area (Å²) in [5, 5.41) is 10.6. The Balaban J connectivity index is 0.00000200. The van der Waals surface area contributed by atoms with Gasteiger partial charge >= 0.3 is 0 Å². The predicted octanol–water partition coefficient (Wildman–Crippen LogP) is -0.0215. The Bertz CT molecular complexity index is 534. The van der Waals surface area contributed by atoms with Crippen molar-refractivity contribution in [3.05, 3.63) is 71.3 Å². The summed E-state index contributed by atoms with van der Waals surface area (Å²) < 4.78 is 0.846. The summed E-state index contributed by atoms with van der Waals surface area (Å²) in [4.78, 5) is 0. The highest BCUT2D eigenvalue weighted by atomic mass is 127. The van der Waals surface area contributed by atoms with E-state index in [1.165, 1.54) is 5.56 Å². The van der Waals surface area contributed by atoms with Gasteiger partial charge in [-0.15, -0.1) is 0 Å². The van der Waals surface area contributed by atoms with Gasteiger partial charge in [-0.2, -0.15) is 0 Å². The number of aliphatic hydroxyl groups excluding tert-OH is 1. The van der Waals surface area contributed by atoms with Gasteiger partial charge in [-0.3, -0.25) is 0 Å². The summed E-state index contributed by atoms with van der Waals surface area (Å²) in [6.07, 6.45) is -0.552. The van der Waals surface area contributed by atoms with E-state index in [-0.39, 0.29) is 24.0 Å². The fraction of sp³-hybridized carbons (Fsp3) is 0.294. The normalized spacial score (nSPS) is 12.6. The highest BCUT2D eigenvalue weighted by molar-refractivity contribution is 5.35. The number of halogens is 1. The second-order valence-corrected chi connectivity index (χ2v) is 5.96. The third-order valence-corrected chi connectivity index (χ3v) is 3.11. The molecule has 1 atom stereocenters. The van der Waals surface area contributed by atoms with Crippen molar-refractivity contribution >= 4 is 0 Å². The molecule has 2 nitrogen and oxygen atoms in total. The van der Waals surface area contributed by atoms with Gasteiger partial charge in [0.15, 0.2) is 0 Å². The minimum atomic E-state index is -0.552. The summed E-state index contributed by atoms with van der Waals surface area (Å²) >= 11 is 0. The van der Waals surface area contributed by atoms with Gasteiger partial charge in [0.1, 0.15) is 12.6 Å². The smallest absolute Gasteiger partial charge is 0.105 e. The van der Waals surface area contributed by atoms with Crippen LogP contribution in [0.15, 0.2) is 54.6 Å². The van der Waals surface area contributed by atoms with Gasteiger partial charge in [0.05, 0.1) is 21.1 Å². The number of benzene rings is 2. The van der Waals surface area contributed by atoms with Gasteiger partial charge < -0.3 is 33.6 Å². The van der Waals surface area contributed by atoms with Gasteiger partial charge in [0.25, 0.3) is 0 Å². The molecule has 1 N–H and O–H groups in total. The van der Waals surface area contributed by atoms with E-state index >= 15 is 0 Å². The molecule has 0 heterocycles. The third kappa shape index (κ3) is 4.58. The van der Waals surface area contributed by atoms with Gasteiger partial charge in [0, 0.05) is 5.56 Å². The average Bonchev–Trinajstić information content (AvgIpc) is 2.38. The molecule has 20 heavy (non-hydrogen) atoms. The van der Waals surface area contributed by atoms with Crippen LogP contribution in [0.5, 0.6) is 0 Å². The van der Waals surface area contributed by atoms with Crippen LogP contribution in [-0.2, 0) is 6.54 Å². The first-order chi connectivity index (χ1) is 8.97. The van der Waals surface area contributed by atoms with Crippen LogP contribution in [0.4, 0.5) is 0 Å². The molecule has 0 fully saturated rings. The molecule has 0 saturated carbocycles. The van der Waals surface area contributed by atoms with Gasteiger partial charge in [-0.05, 0) is 11.1 Å². The first-order valence-corrected chi connectivity index (χ1v) is 6.59. The molecule has 0 aliphatic carbocycles. The Hall–Kier alpha value is -0.910. The minimum Gasteiger partial charge on any atom is -1.00 e. The molecule has 0 spiro atoms. The first kappa shape index (κ1) is 17.1. The van der Waals surface area contributed by atoms with E-state index in [1.54, 1.807) is 0 Å². The van der Waals surface area contributed by atoms with Crippen LogP contribution in [0, 0.1) is 0 Å². The van der Waals surface area contributed by atoms with Crippen molar-refractivity contribution < 1.29 is 33.6 Å². The molecule has 108 valence electrons. The molecule has 0 saturated heterocycles. The van der Waals surface area contributed by atoms with Crippen LogP contribution in [0.1, 0.15) is 22.8 Å². The molecular weight excluding hydrogens is 361 g/mol. The molecule has 0 aliphatic heterocycles. The van der Waals surface area contributed by atoms with Crippen molar-refractivity contribution in [1.29, 1.82) is 0 Å². The number of hydrogen-bond acceptors (Lipinski definition) is 1. The quantitative estimate of drug-likeness (QED) is 0.581. The van der Waals surface area contributed by atoms with Crippen molar-refractivity contribution in [2.75, 3.05) is 21.1 Å². The Morgan fingerprint density at radius 1 is 0.900 bits per heavy atom. The molecule has 0 aromatic heterocycles. The Kier molecular flexibility index (Phi) is 6.17. The zero-order valence-electron chi connectivity index (χ0n) is 12.3.